The van der Waals surface area contributed by atoms with Gasteiger partial charge < -0.3 is 5.32 Å². The third-order valence-corrected chi connectivity index (χ3v) is 0.798. The van der Waals surface area contributed by atoms with Crippen molar-refractivity contribution in [3.63, 3.8) is 0 Å². The molecule has 0 unspecified atom stereocenters. The Labute approximate surface area is 62.3 Å². The number of nitrogens with one attached hydrogen (secondary N) is 1. The maximum atomic E-state index is 4.49. The van der Waals surface area contributed by atoms with Gasteiger partial charge in [-0.15, -0.1) is 0 Å². The number of rotatable bonds is 2. The fourth-order valence-electron chi connectivity index (χ4n) is 0.149. The van der Waals surface area contributed by atoms with E-state index in [0.717, 1.165) is 0 Å². The highest BCUT2D eigenvalue weighted by Gasteiger charge is 1.70. The van der Waals surface area contributed by atoms with E-state index in [1.54, 1.807) is 0 Å². The Balaban J connectivity index is 3.25. The topological polar surface area (TPSA) is 12.0 Å². The monoisotopic (exact) mass is 227 g/mol. The van der Waals surface area contributed by atoms with Crippen LogP contribution in [0, 0.1) is 0 Å². The highest BCUT2D eigenvalue weighted by Crippen LogP contribution is 1.98. The van der Waals surface area contributed by atoms with Gasteiger partial charge in [-0.25, -0.2) is 0 Å². The van der Waals surface area contributed by atoms with Crippen molar-refractivity contribution in [2.24, 2.45) is 0 Å². The molecule has 3 heteroatoms. The first kappa shape index (κ1) is 7.36. The number of thiocarbonyl (C=S) groups is 1. The maximum Gasteiger partial charge on any atom is 0.0654 e. The fraction of sp³-hybridized carbons (Fsp3) is 0.250. The Hall–Kier alpha value is 0.360. The minimum atomic E-state index is 1.19. The number of allylic oxidation sites excluding steroid dienone is 1. The predicted octanol–water partition coefficient (Wildman–Crippen LogP) is 1.83. The number of hydrogen-bond acceptors (Lipinski definition) is 1. The van der Waals surface area contributed by atoms with Crippen molar-refractivity contribution in [2.45, 2.75) is 6.92 Å². The molecule has 0 rings (SSSR count). The van der Waals surface area contributed by atoms with Gasteiger partial charge in [0.25, 0.3) is 0 Å². The van der Waals surface area contributed by atoms with Crippen LogP contribution in [0.1, 0.15) is 6.92 Å². The van der Waals surface area contributed by atoms with Gasteiger partial charge in [0, 0.05) is 9.78 Å². The molecule has 0 aliphatic rings. The first-order chi connectivity index (χ1) is 3.27. The van der Waals surface area contributed by atoms with E-state index in [9.17, 15) is 0 Å². The largest absolute Gasteiger partial charge is 0.358 e. The Bertz CT molecular complexity index is 85.7. The summed E-state index contributed by atoms with van der Waals surface area (Å²) in [6.45, 7) is 1.99. The lowest BCUT2D eigenvalue weighted by atomic mass is 10.7. The molecular weight excluding hydrogens is 221 g/mol. The lowest BCUT2D eigenvalue weighted by molar-refractivity contribution is 1.33. The van der Waals surface area contributed by atoms with E-state index < -0.39 is 0 Å². The molecule has 40 valence electrons. The number of halogens is 1. The van der Waals surface area contributed by atoms with E-state index in [4.69, 9.17) is 0 Å². The highest BCUT2D eigenvalue weighted by atomic mass is 127. The molecular formula is C4H6INS. The van der Waals surface area contributed by atoms with Gasteiger partial charge in [-0.2, -0.15) is 0 Å². The van der Waals surface area contributed by atoms with E-state index in [0.29, 0.717) is 0 Å². The van der Waals surface area contributed by atoms with Crippen LogP contribution in [-0.4, -0.2) is 5.49 Å². The van der Waals surface area contributed by atoms with Crippen LogP contribution in [0.5, 0.6) is 0 Å². The highest BCUT2D eigenvalue weighted by molar-refractivity contribution is 14.1. The van der Waals surface area contributed by atoms with Crippen LogP contribution < -0.4 is 5.32 Å². The van der Waals surface area contributed by atoms with Crippen LogP contribution in [0.2, 0.25) is 0 Å². The second-order valence-corrected chi connectivity index (χ2v) is 2.95. The van der Waals surface area contributed by atoms with Gasteiger partial charge >= 0.3 is 0 Å². The normalized spacial score (nSPS) is 10.9. The molecule has 7 heavy (non-hydrogen) atoms. The van der Waals surface area contributed by atoms with Gasteiger partial charge in [0.05, 0.1) is 5.49 Å². The molecule has 0 aromatic carbocycles. The summed E-state index contributed by atoms with van der Waals surface area (Å²) in [6.07, 6.45) is 1.84. The molecule has 0 saturated carbocycles. The van der Waals surface area contributed by atoms with E-state index in [2.05, 4.69) is 40.1 Å². The van der Waals surface area contributed by atoms with Crippen molar-refractivity contribution in [1.29, 1.82) is 0 Å². The minimum absolute atomic E-state index is 1.19. The molecule has 0 atom stereocenters. The zero-order chi connectivity index (χ0) is 5.70. The molecule has 0 bridgehead atoms. The van der Waals surface area contributed by atoms with Crippen molar-refractivity contribution >= 4 is 40.3 Å². The van der Waals surface area contributed by atoms with E-state index in [-0.39, 0.29) is 0 Å². The molecule has 0 radical (unpaired) electrons. The van der Waals surface area contributed by atoms with Gasteiger partial charge in [-0.1, -0.05) is 12.2 Å². The van der Waals surface area contributed by atoms with Crippen molar-refractivity contribution in [2.75, 3.05) is 0 Å². The van der Waals surface area contributed by atoms with Crippen molar-refractivity contribution in [3.8, 4) is 0 Å². The smallest absolute Gasteiger partial charge is 0.0654 e. The Morgan fingerprint density at radius 1 is 1.86 bits per heavy atom. The van der Waals surface area contributed by atoms with E-state index in [1.807, 2.05) is 13.1 Å². The SMILES string of the molecule is C/C(I)=C/NC=S. The summed E-state index contributed by atoms with van der Waals surface area (Å²) in [4.78, 5) is 0. The summed E-state index contributed by atoms with van der Waals surface area (Å²) in [5.41, 5.74) is 1.47. The molecule has 1 nitrogen and oxygen atoms in total. The van der Waals surface area contributed by atoms with Gasteiger partial charge in [0.15, 0.2) is 0 Å². The molecule has 0 heterocycles. The van der Waals surface area contributed by atoms with Gasteiger partial charge in [0.1, 0.15) is 0 Å². The first-order valence-corrected chi connectivity index (χ1v) is 3.34. The average Bonchev–Trinajstić information content (AvgIpc) is 1.61. The van der Waals surface area contributed by atoms with E-state index in [1.165, 1.54) is 9.07 Å². The summed E-state index contributed by atoms with van der Waals surface area (Å²) in [5.74, 6) is 0. The third-order valence-electron chi connectivity index (χ3n) is 0.350. The van der Waals surface area contributed by atoms with Crippen molar-refractivity contribution in [3.05, 3.63) is 9.78 Å². The Kier molecular flexibility index (Phi) is 4.75. The summed E-state index contributed by atoms with van der Waals surface area (Å²) < 4.78 is 1.19. The summed E-state index contributed by atoms with van der Waals surface area (Å²) in [5, 5.41) is 2.77. The molecule has 0 amide bonds. The summed E-state index contributed by atoms with van der Waals surface area (Å²) in [7, 11) is 0. The molecule has 0 aliphatic heterocycles. The second kappa shape index (κ2) is 4.52. The standard InChI is InChI=1S/C4H6INS/c1-4(5)2-6-3-7/h2-3H,1H3,(H,6,7)/b4-2-. The average molecular weight is 227 g/mol. The van der Waals surface area contributed by atoms with E-state index >= 15 is 0 Å². The lowest BCUT2D eigenvalue weighted by Gasteiger charge is -1.84. The molecule has 0 aliphatic carbocycles. The van der Waals surface area contributed by atoms with Gasteiger partial charge in [-0.3, -0.25) is 0 Å². The minimum Gasteiger partial charge on any atom is -0.358 e. The van der Waals surface area contributed by atoms with Crippen LogP contribution >= 0.6 is 34.8 Å². The van der Waals surface area contributed by atoms with Crippen molar-refractivity contribution in [1.82, 2.24) is 5.32 Å². The van der Waals surface area contributed by atoms with Crippen LogP contribution in [0.3, 0.4) is 0 Å². The quantitative estimate of drug-likeness (QED) is 0.570. The summed E-state index contributed by atoms with van der Waals surface area (Å²) >= 11 is 6.68. The molecule has 0 fully saturated rings. The molecule has 0 saturated heterocycles. The van der Waals surface area contributed by atoms with Crippen LogP contribution in [0.15, 0.2) is 9.78 Å². The second-order valence-electron chi connectivity index (χ2n) is 1.02. The molecule has 1 N–H and O–H groups in total. The molecule has 0 spiro atoms. The fourth-order valence-corrected chi connectivity index (χ4v) is 0.397. The molecule has 0 aromatic rings. The Morgan fingerprint density at radius 3 is 2.57 bits per heavy atom. The Morgan fingerprint density at radius 2 is 2.43 bits per heavy atom. The van der Waals surface area contributed by atoms with Crippen LogP contribution in [0.25, 0.3) is 0 Å². The predicted molar refractivity (Wildman–Crippen MR) is 44.6 cm³/mol. The summed E-state index contributed by atoms with van der Waals surface area (Å²) in [6, 6.07) is 0. The van der Waals surface area contributed by atoms with Crippen molar-refractivity contribution < 1.29 is 0 Å². The van der Waals surface area contributed by atoms with Gasteiger partial charge in [-0.05, 0) is 29.5 Å². The van der Waals surface area contributed by atoms with Crippen LogP contribution in [-0.2, 0) is 0 Å². The lowest BCUT2D eigenvalue weighted by Crippen LogP contribution is -1.96. The van der Waals surface area contributed by atoms with Crippen LogP contribution in [0.4, 0.5) is 0 Å². The molecule has 0 aromatic heterocycles. The zero-order valence-electron chi connectivity index (χ0n) is 3.94. The maximum absolute atomic E-state index is 4.49. The van der Waals surface area contributed by atoms with Gasteiger partial charge in [0.2, 0.25) is 0 Å². The number of hydrogen-bond donors (Lipinski definition) is 1. The zero-order valence-corrected chi connectivity index (χ0v) is 6.91. The third kappa shape index (κ3) is 6.36. The first-order valence-electron chi connectivity index (χ1n) is 1.79.